The lowest BCUT2D eigenvalue weighted by atomic mass is 9.94. The number of thiocarbonyl (C=S) groups is 1. The van der Waals surface area contributed by atoms with Crippen LogP contribution in [-0.2, 0) is 9.53 Å². The first-order chi connectivity index (χ1) is 13.0. The van der Waals surface area contributed by atoms with Crippen LogP contribution < -0.4 is 15.0 Å². The van der Waals surface area contributed by atoms with E-state index in [1.807, 2.05) is 67.3 Å². The fourth-order valence-electron chi connectivity index (χ4n) is 3.27. The molecule has 1 N–H and O–H groups in total. The average Bonchev–Trinajstić information content (AvgIpc) is 2.67. The van der Waals surface area contributed by atoms with Crippen molar-refractivity contribution in [2.75, 3.05) is 19.1 Å². The van der Waals surface area contributed by atoms with Crippen LogP contribution in [0.1, 0.15) is 24.1 Å². The van der Waals surface area contributed by atoms with E-state index in [1.165, 1.54) is 7.11 Å². The van der Waals surface area contributed by atoms with Gasteiger partial charge in [0.15, 0.2) is 5.11 Å². The van der Waals surface area contributed by atoms with Crippen LogP contribution in [0.25, 0.3) is 0 Å². The number of allylic oxidation sites excluding steroid dienone is 1. The van der Waals surface area contributed by atoms with E-state index in [-0.39, 0.29) is 0 Å². The van der Waals surface area contributed by atoms with Crippen molar-refractivity contribution in [1.82, 2.24) is 5.32 Å². The van der Waals surface area contributed by atoms with Crippen molar-refractivity contribution >= 4 is 29.0 Å². The quantitative estimate of drug-likeness (QED) is 0.640. The SMILES string of the molecule is COC(=O)C1=C(C)N(c2cccc(C)c2)C(=S)NC1c1cccc(OC)c1. The summed E-state index contributed by atoms with van der Waals surface area (Å²) in [5.41, 5.74) is 4.14. The largest absolute Gasteiger partial charge is 0.497 e. The fourth-order valence-corrected chi connectivity index (χ4v) is 3.63. The number of benzene rings is 2. The first kappa shape index (κ1) is 18.9. The molecule has 2 aromatic rings. The van der Waals surface area contributed by atoms with Gasteiger partial charge in [-0.25, -0.2) is 4.79 Å². The van der Waals surface area contributed by atoms with E-state index in [2.05, 4.69) is 5.32 Å². The van der Waals surface area contributed by atoms with E-state index in [0.29, 0.717) is 16.4 Å². The van der Waals surface area contributed by atoms with Crippen LogP contribution in [0.2, 0.25) is 0 Å². The predicted molar refractivity (Wildman–Crippen MR) is 110 cm³/mol. The molecule has 0 fully saturated rings. The Balaban J connectivity index is 2.14. The highest BCUT2D eigenvalue weighted by Gasteiger charge is 2.35. The third-order valence-corrected chi connectivity index (χ3v) is 4.88. The Morgan fingerprint density at radius 3 is 2.52 bits per heavy atom. The van der Waals surface area contributed by atoms with Gasteiger partial charge >= 0.3 is 5.97 Å². The van der Waals surface area contributed by atoms with Crippen molar-refractivity contribution in [3.63, 3.8) is 0 Å². The number of methoxy groups -OCH3 is 2. The highest BCUT2D eigenvalue weighted by Crippen LogP contribution is 2.35. The van der Waals surface area contributed by atoms with E-state index in [9.17, 15) is 4.79 Å². The topological polar surface area (TPSA) is 50.8 Å². The predicted octanol–water partition coefficient (Wildman–Crippen LogP) is 3.89. The number of anilines is 1. The van der Waals surface area contributed by atoms with Gasteiger partial charge in [0, 0.05) is 11.4 Å². The highest BCUT2D eigenvalue weighted by atomic mass is 32.1. The maximum absolute atomic E-state index is 12.6. The number of hydrogen-bond acceptors (Lipinski definition) is 4. The van der Waals surface area contributed by atoms with E-state index in [4.69, 9.17) is 21.7 Å². The Bertz CT molecular complexity index is 923. The molecule has 0 aromatic heterocycles. The number of carbonyl (C=O) groups excluding carboxylic acids is 1. The van der Waals surface area contributed by atoms with Crippen LogP contribution in [0.15, 0.2) is 59.8 Å². The standard InChI is InChI=1S/C21H22N2O3S/c1-13-7-5-9-16(11-13)23-14(2)18(20(24)26-4)19(22-21(23)27)15-8-6-10-17(12-15)25-3/h5-12,19H,1-4H3,(H,22,27). The maximum atomic E-state index is 12.6. The van der Waals surface area contributed by atoms with Gasteiger partial charge in [-0.05, 0) is 61.5 Å². The van der Waals surface area contributed by atoms with Crippen LogP contribution in [0.3, 0.4) is 0 Å². The molecule has 2 aromatic carbocycles. The highest BCUT2D eigenvalue weighted by molar-refractivity contribution is 7.80. The minimum atomic E-state index is -0.416. The molecule has 1 atom stereocenters. The number of hydrogen-bond donors (Lipinski definition) is 1. The minimum absolute atomic E-state index is 0.395. The van der Waals surface area contributed by atoms with Crippen molar-refractivity contribution in [1.29, 1.82) is 0 Å². The Kier molecular flexibility index (Phi) is 5.46. The van der Waals surface area contributed by atoms with Gasteiger partial charge in [-0.1, -0.05) is 24.3 Å². The van der Waals surface area contributed by atoms with Gasteiger partial charge < -0.3 is 14.8 Å². The second-order valence-electron chi connectivity index (χ2n) is 6.32. The molecular formula is C21H22N2O3S. The number of esters is 1. The Morgan fingerprint density at radius 2 is 1.85 bits per heavy atom. The van der Waals surface area contributed by atoms with Crippen LogP contribution >= 0.6 is 12.2 Å². The first-order valence-electron chi connectivity index (χ1n) is 8.56. The summed E-state index contributed by atoms with van der Waals surface area (Å²) in [7, 11) is 3.00. The summed E-state index contributed by atoms with van der Waals surface area (Å²) >= 11 is 5.64. The molecule has 140 valence electrons. The molecule has 0 aliphatic carbocycles. The van der Waals surface area contributed by atoms with Gasteiger partial charge in [-0.2, -0.15) is 0 Å². The average molecular weight is 382 g/mol. The van der Waals surface area contributed by atoms with Crippen LogP contribution in [0, 0.1) is 6.92 Å². The lowest BCUT2D eigenvalue weighted by molar-refractivity contribution is -0.136. The monoisotopic (exact) mass is 382 g/mol. The molecule has 1 aliphatic rings. The summed E-state index contributed by atoms with van der Waals surface area (Å²) in [6.07, 6.45) is 0. The zero-order chi connectivity index (χ0) is 19.6. The first-order valence-corrected chi connectivity index (χ1v) is 8.97. The van der Waals surface area contributed by atoms with E-state index in [0.717, 1.165) is 22.5 Å². The number of carbonyl (C=O) groups is 1. The van der Waals surface area contributed by atoms with Gasteiger partial charge in [-0.3, -0.25) is 4.90 Å². The normalized spacial score (nSPS) is 16.8. The van der Waals surface area contributed by atoms with Gasteiger partial charge in [0.1, 0.15) is 5.75 Å². The lowest BCUT2D eigenvalue weighted by Gasteiger charge is -2.37. The Morgan fingerprint density at radius 1 is 1.11 bits per heavy atom. The van der Waals surface area contributed by atoms with Crippen molar-refractivity contribution in [2.45, 2.75) is 19.9 Å². The maximum Gasteiger partial charge on any atom is 0.337 e. The van der Waals surface area contributed by atoms with Gasteiger partial charge in [0.25, 0.3) is 0 Å². The van der Waals surface area contributed by atoms with Crippen molar-refractivity contribution in [3.05, 3.63) is 70.9 Å². The van der Waals surface area contributed by atoms with Crippen molar-refractivity contribution in [2.24, 2.45) is 0 Å². The molecule has 5 nitrogen and oxygen atoms in total. The summed E-state index contributed by atoms with van der Waals surface area (Å²) in [5.74, 6) is 0.316. The summed E-state index contributed by atoms with van der Waals surface area (Å²) in [6.45, 7) is 3.90. The summed E-state index contributed by atoms with van der Waals surface area (Å²) in [5, 5.41) is 3.82. The molecule has 1 heterocycles. The number of ether oxygens (including phenoxy) is 2. The number of rotatable bonds is 4. The van der Waals surface area contributed by atoms with Crippen LogP contribution in [-0.4, -0.2) is 25.3 Å². The van der Waals surface area contributed by atoms with Crippen molar-refractivity contribution in [3.8, 4) is 5.75 Å². The van der Waals surface area contributed by atoms with E-state index >= 15 is 0 Å². The lowest BCUT2D eigenvalue weighted by Crippen LogP contribution is -2.48. The molecule has 0 saturated heterocycles. The fraction of sp³-hybridized carbons (Fsp3) is 0.238. The van der Waals surface area contributed by atoms with Crippen LogP contribution in [0.4, 0.5) is 5.69 Å². The smallest absolute Gasteiger partial charge is 0.337 e. The van der Waals surface area contributed by atoms with E-state index in [1.54, 1.807) is 7.11 Å². The second-order valence-corrected chi connectivity index (χ2v) is 6.71. The van der Waals surface area contributed by atoms with Crippen molar-refractivity contribution < 1.29 is 14.3 Å². The summed E-state index contributed by atoms with van der Waals surface area (Å²) in [4.78, 5) is 14.5. The molecule has 1 aliphatic heterocycles. The summed E-state index contributed by atoms with van der Waals surface area (Å²) < 4.78 is 10.4. The second kappa shape index (κ2) is 7.80. The summed E-state index contributed by atoms with van der Waals surface area (Å²) in [6, 6.07) is 15.1. The minimum Gasteiger partial charge on any atom is -0.497 e. The molecule has 3 rings (SSSR count). The molecular weight excluding hydrogens is 360 g/mol. The molecule has 0 spiro atoms. The Hall–Kier alpha value is -2.86. The zero-order valence-corrected chi connectivity index (χ0v) is 16.6. The zero-order valence-electron chi connectivity index (χ0n) is 15.8. The molecule has 0 amide bonds. The molecule has 27 heavy (non-hydrogen) atoms. The molecule has 1 unspecified atom stereocenters. The van der Waals surface area contributed by atoms with Gasteiger partial charge in [-0.15, -0.1) is 0 Å². The third-order valence-electron chi connectivity index (χ3n) is 4.58. The molecule has 0 saturated carbocycles. The molecule has 0 radical (unpaired) electrons. The Labute approximate surface area is 164 Å². The number of nitrogens with one attached hydrogen (secondary N) is 1. The number of aryl methyl sites for hydroxylation is 1. The van der Waals surface area contributed by atoms with Gasteiger partial charge in [0.2, 0.25) is 0 Å². The molecule has 6 heteroatoms. The van der Waals surface area contributed by atoms with Crippen LogP contribution in [0.5, 0.6) is 5.75 Å². The molecule has 0 bridgehead atoms. The third kappa shape index (κ3) is 3.66. The van der Waals surface area contributed by atoms with E-state index < -0.39 is 12.0 Å². The van der Waals surface area contributed by atoms with Gasteiger partial charge in [0.05, 0.1) is 25.8 Å². The number of nitrogens with zero attached hydrogens (tertiary/aromatic N) is 1.